The van der Waals surface area contributed by atoms with Crippen molar-refractivity contribution in [1.29, 1.82) is 0 Å². The molecule has 4 nitrogen and oxygen atoms in total. The summed E-state index contributed by atoms with van der Waals surface area (Å²) in [6.45, 7) is 9.79. The summed E-state index contributed by atoms with van der Waals surface area (Å²) in [5, 5.41) is 4.66. The topological polar surface area (TPSA) is 24.3 Å². The zero-order chi connectivity index (χ0) is 17.6. The second-order valence-electron chi connectivity index (χ2n) is 7.43. The van der Waals surface area contributed by atoms with Gasteiger partial charge in [-0.2, -0.15) is 5.10 Å². The summed E-state index contributed by atoms with van der Waals surface area (Å²) >= 11 is 0. The molecule has 2 heterocycles. The van der Waals surface area contributed by atoms with Crippen molar-refractivity contribution >= 4 is 0 Å². The van der Waals surface area contributed by atoms with Crippen LogP contribution in [0.4, 0.5) is 0 Å². The second-order valence-corrected chi connectivity index (χ2v) is 7.43. The smallest absolute Gasteiger partial charge is 0.0638 e. The minimum atomic E-state index is 0.639. The molecule has 0 radical (unpaired) electrons. The monoisotopic (exact) mass is 340 g/mol. The van der Waals surface area contributed by atoms with E-state index in [4.69, 9.17) is 0 Å². The van der Waals surface area contributed by atoms with Crippen molar-refractivity contribution in [3.05, 3.63) is 53.3 Å². The number of aromatic nitrogens is 2. The minimum Gasteiger partial charge on any atom is -0.298 e. The van der Waals surface area contributed by atoms with Gasteiger partial charge in [0, 0.05) is 44.0 Å². The molecule has 0 spiro atoms. The highest BCUT2D eigenvalue weighted by atomic mass is 15.3. The van der Waals surface area contributed by atoms with Crippen LogP contribution in [0.3, 0.4) is 0 Å². The molecule has 4 heteroatoms. The molecule has 0 aliphatic carbocycles. The molecule has 0 unspecified atom stereocenters. The Balaban J connectivity index is 1.57. The van der Waals surface area contributed by atoms with Crippen molar-refractivity contribution in [1.82, 2.24) is 19.6 Å². The standard InChI is InChI=1S/C21H32N4/c1-4-12-25-16-20(18(2)22-25)15-24-13-8-11-21(17-24)23(3)14-19-9-6-5-7-10-19/h5-7,9-10,16,21H,4,8,11-15,17H2,1-3H3/t21-/m0/s1. The number of hydrogen-bond donors (Lipinski definition) is 0. The van der Waals surface area contributed by atoms with Crippen LogP contribution < -0.4 is 0 Å². The average Bonchev–Trinajstić information content (AvgIpc) is 2.95. The molecule has 3 rings (SSSR count). The highest BCUT2D eigenvalue weighted by Crippen LogP contribution is 2.20. The molecule has 1 aromatic heterocycles. The van der Waals surface area contributed by atoms with Crippen LogP contribution in [-0.2, 0) is 19.6 Å². The van der Waals surface area contributed by atoms with Gasteiger partial charge in [0.25, 0.3) is 0 Å². The molecule has 1 atom stereocenters. The van der Waals surface area contributed by atoms with Gasteiger partial charge in [0.2, 0.25) is 0 Å². The first-order chi connectivity index (χ1) is 12.2. The fraction of sp³-hybridized carbons (Fsp3) is 0.571. The zero-order valence-electron chi connectivity index (χ0n) is 16.0. The van der Waals surface area contributed by atoms with Crippen LogP contribution in [0.2, 0.25) is 0 Å². The van der Waals surface area contributed by atoms with Gasteiger partial charge in [0.15, 0.2) is 0 Å². The van der Waals surface area contributed by atoms with Crippen LogP contribution in [0.15, 0.2) is 36.5 Å². The van der Waals surface area contributed by atoms with Gasteiger partial charge >= 0.3 is 0 Å². The summed E-state index contributed by atoms with van der Waals surface area (Å²) in [4.78, 5) is 5.13. The summed E-state index contributed by atoms with van der Waals surface area (Å²) in [7, 11) is 2.27. The second kappa shape index (κ2) is 8.63. The van der Waals surface area contributed by atoms with Crippen LogP contribution in [-0.4, -0.2) is 45.8 Å². The predicted octanol–water partition coefficient (Wildman–Crippen LogP) is 3.70. The Morgan fingerprint density at radius 2 is 2.04 bits per heavy atom. The molecular weight excluding hydrogens is 308 g/mol. The molecule has 1 aromatic carbocycles. The molecular formula is C21H32N4. The van der Waals surface area contributed by atoms with Gasteiger partial charge in [-0.25, -0.2) is 0 Å². The van der Waals surface area contributed by atoms with Gasteiger partial charge in [-0.1, -0.05) is 37.3 Å². The summed E-state index contributed by atoms with van der Waals surface area (Å²) < 4.78 is 2.10. The van der Waals surface area contributed by atoms with Gasteiger partial charge < -0.3 is 0 Å². The highest BCUT2D eigenvalue weighted by molar-refractivity contribution is 5.16. The average molecular weight is 341 g/mol. The van der Waals surface area contributed by atoms with Gasteiger partial charge in [0.1, 0.15) is 0 Å². The van der Waals surface area contributed by atoms with E-state index in [0.717, 1.165) is 32.6 Å². The molecule has 1 saturated heterocycles. The lowest BCUT2D eigenvalue weighted by atomic mass is 10.0. The molecule has 0 amide bonds. The molecule has 136 valence electrons. The van der Waals surface area contributed by atoms with E-state index in [1.807, 2.05) is 0 Å². The van der Waals surface area contributed by atoms with Crippen LogP contribution >= 0.6 is 0 Å². The first kappa shape index (κ1) is 18.2. The minimum absolute atomic E-state index is 0.639. The van der Waals surface area contributed by atoms with Crippen LogP contribution in [0.25, 0.3) is 0 Å². The number of rotatable bonds is 7. The van der Waals surface area contributed by atoms with E-state index in [9.17, 15) is 0 Å². The van der Waals surface area contributed by atoms with Crippen molar-refractivity contribution in [2.24, 2.45) is 0 Å². The van der Waals surface area contributed by atoms with E-state index in [1.54, 1.807) is 0 Å². The van der Waals surface area contributed by atoms with Crippen molar-refractivity contribution < 1.29 is 0 Å². The van der Waals surface area contributed by atoms with Crippen LogP contribution in [0.5, 0.6) is 0 Å². The molecule has 1 aliphatic heterocycles. The summed E-state index contributed by atoms with van der Waals surface area (Å²) in [6.07, 6.45) is 5.96. The first-order valence-electron chi connectivity index (χ1n) is 9.65. The fourth-order valence-electron chi connectivity index (χ4n) is 3.83. The quantitative estimate of drug-likeness (QED) is 0.768. The maximum absolute atomic E-state index is 4.66. The Hall–Kier alpha value is -1.65. The number of hydrogen-bond acceptors (Lipinski definition) is 3. The number of piperidine rings is 1. The van der Waals surface area contributed by atoms with Crippen molar-refractivity contribution in [3.8, 4) is 0 Å². The number of likely N-dealkylation sites (tertiary alicyclic amines) is 1. The summed E-state index contributed by atoms with van der Waals surface area (Å²) in [5.74, 6) is 0. The Bertz CT molecular complexity index is 649. The van der Waals surface area contributed by atoms with E-state index in [2.05, 4.69) is 77.0 Å². The third kappa shape index (κ3) is 4.93. The predicted molar refractivity (Wildman–Crippen MR) is 103 cm³/mol. The van der Waals surface area contributed by atoms with Crippen LogP contribution in [0, 0.1) is 6.92 Å². The van der Waals surface area contributed by atoms with Crippen molar-refractivity contribution in [3.63, 3.8) is 0 Å². The lowest BCUT2D eigenvalue weighted by molar-refractivity contribution is 0.107. The summed E-state index contributed by atoms with van der Waals surface area (Å²) in [6, 6.07) is 11.4. The SMILES string of the molecule is CCCn1cc(CN2CCC[C@H](N(C)Cc3ccccc3)C2)c(C)n1. The Morgan fingerprint density at radius 3 is 2.80 bits per heavy atom. The molecule has 0 bridgehead atoms. The van der Waals surface area contributed by atoms with E-state index in [-0.39, 0.29) is 0 Å². The first-order valence-corrected chi connectivity index (χ1v) is 9.65. The molecule has 1 aliphatic rings. The fourth-order valence-corrected chi connectivity index (χ4v) is 3.83. The normalized spacial score (nSPS) is 18.8. The van der Waals surface area contributed by atoms with Gasteiger partial charge in [-0.15, -0.1) is 0 Å². The van der Waals surface area contributed by atoms with E-state index in [1.165, 1.54) is 36.2 Å². The Morgan fingerprint density at radius 1 is 1.24 bits per heavy atom. The van der Waals surface area contributed by atoms with Crippen molar-refractivity contribution in [2.75, 3.05) is 20.1 Å². The van der Waals surface area contributed by atoms with Crippen LogP contribution in [0.1, 0.15) is 43.0 Å². The molecule has 2 aromatic rings. The lowest BCUT2D eigenvalue weighted by Crippen LogP contribution is -2.45. The maximum atomic E-state index is 4.66. The van der Waals surface area contributed by atoms with E-state index >= 15 is 0 Å². The molecule has 0 N–H and O–H groups in total. The largest absolute Gasteiger partial charge is 0.298 e. The lowest BCUT2D eigenvalue weighted by Gasteiger charge is -2.37. The van der Waals surface area contributed by atoms with Gasteiger partial charge in [0.05, 0.1) is 5.69 Å². The van der Waals surface area contributed by atoms with E-state index in [0.29, 0.717) is 6.04 Å². The number of nitrogens with zero attached hydrogens (tertiary/aromatic N) is 4. The van der Waals surface area contributed by atoms with Gasteiger partial charge in [-0.05, 0) is 45.3 Å². The molecule has 25 heavy (non-hydrogen) atoms. The Labute approximate surface area is 152 Å². The Kier molecular flexibility index (Phi) is 6.27. The van der Waals surface area contributed by atoms with E-state index < -0.39 is 0 Å². The zero-order valence-corrected chi connectivity index (χ0v) is 16.0. The number of benzene rings is 1. The summed E-state index contributed by atoms with van der Waals surface area (Å²) in [5.41, 5.74) is 3.98. The maximum Gasteiger partial charge on any atom is 0.0638 e. The van der Waals surface area contributed by atoms with Crippen molar-refractivity contribution in [2.45, 2.75) is 58.8 Å². The van der Waals surface area contributed by atoms with Gasteiger partial charge in [-0.3, -0.25) is 14.5 Å². The third-order valence-electron chi connectivity index (χ3n) is 5.27. The highest BCUT2D eigenvalue weighted by Gasteiger charge is 2.24. The molecule has 1 fully saturated rings. The molecule has 0 saturated carbocycles. The number of likely N-dealkylation sites (N-methyl/N-ethyl adjacent to an activating group) is 1. The number of aryl methyl sites for hydroxylation is 2. The third-order valence-corrected chi connectivity index (χ3v) is 5.27.